The molecule has 0 fully saturated rings. The van der Waals surface area contributed by atoms with Gasteiger partial charge in [0.1, 0.15) is 30.6 Å². The first-order valence-corrected chi connectivity index (χ1v) is 30.1. The Kier molecular flexibility index (Phi) is 12.1. The average molecular weight is 927 g/mol. The van der Waals surface area contributed by atoms with Crippen LogP contribution in [0.4, 0.5) is 0 Å². The molecule has 7 aromatic rings. The molecule has 0 atom stereocenters. The summed E-state index contributed by atoms with van der Waals surface area (Å²) < 4.78 is 50.9. The van der Waals surface area contributed by atoms with Gasteiger partial charge in [-0.2, -0.15) is 4.98 Å². The number of halogens is 2. The molecule has 62 heavy (non-hydrogen) atoms. The van der Waals surface area contributed by atoms with Crippen molar-refractivity contribution in [2.75, 3.05) is 13.2 Å². The lowest BCUT2D eigenvalue weighted by molar-refractivity contribution is -0.117. The zero-order valence-electron chi connectivity index (χ0n) is 35.8. The summed E-state index contributed by atoms with van der Waals surface area (Å²) in [6, 6.07) is 30.3. The molecule has 2 heterocycles. The first-order chi connectivity index (χ1) is 29.4. The average Bonchev–Trinajstić information content (AvgIpc) is 3.71. The highest BCUT2D eigenvalue weighted by Gasteiger charge is 2.32. The van der Waals surface area contributed by atoms with Crippen LogP contribution in [0.15, 0.2) is 95.9 Å². The van der Waals surface area contributed by atoms with E-state index in [9.17, 15) is 13.2 Å². The molecule has 0 aliphatic heterocycles. The van der Waals surface area contributed by atoms with E-state index < -0.39 is 32.1 Å². The molecule has 2 aromatic heterocycles. The van der Waals surface area contributed by atoms with Crippen molar-refractivity contribution in [3.05, 3.63) is 101 Å². The van der Waals surface area contributed by atoms with Crippen LogP contribution in [0.3, 0.4) is 0 Å². The Morgan fingerprint density at radius 3 is 2.05 bits per heavy atom. The van der Waals surface area contributed by atoms with Crippen molar-refractivity contribution in [3.8, 4) is 56.5 Å². The fourth-order valence-corrected chi connectivity index (χ4v) is 10.5. The molecule has 11 nitrogen and oxygen atoms in total. The molecule has 16 heteroatoms. The lowest BCUT2D eigenvalue weighted by atomic mass is 9.78. The third-order valence-corrected chi connectivity index (χ3v) is 16.1. The molecule has 0 unspecified atom stereocenters. The number of hydrogen-bond donors (Lipinski definition) is 1. The van der Waals surface area contributed by atoms with Gasteiger partial charge in [-0.25, -0.2) is 18.1 Å². The standard InChI is InChI=1S/C46H49Cl2N5O6SSi2/c1-29(54)51-60(55,56)34-15-11-14-33(25-34)59-46-50-43-37(23-32(47)24-39(43)53(46)28-58-19-21-62(5,6)7)45-49-44-40(52(45)27-57-18-20-61(2,3)4)26-38(48)41-35-17-16-31(22-36(35)42(41)44)30-12-9-8-10-13-30/h8-17,22-26H,18-21,27-28H2,1-7H3,(H,51,54). The highest BCUT2D eigenvalue weighted by atomic mass is 35.5. The highest BCUT2D eigenvalue weighted by molar-refractivity contribution is 7.90. The van der Waals surface area contributed by atoms with Gasteiger partial charge in [0.2, 0.25) is 5.91 Å². The van der Waals surface area contributed by atoms with Crippen LogP contribution in [-0.4, -0.2) is 62.8 Å². The van der Waals surface area contributed by atoms with Gasteiger partial charge in [0.25, 0.3) is 10.0 Å². The van der Waals surface area contributed by atoms with E-state index in [4.69, 9.17) is 47.4 Å². The summed E-state index contributed by atoms with van der Waals surface area (Å²) in [5.41, 5.74) is 9.66. The minimum atomic E-state index is -4.14. The Morgan fingerprint density at radius 2 is 1.37 bits per heavy atom. The van der Waals surface area contributed by atoms with Crippen molar-refractivity contribution >= 4 is 77.3 Å². The summed E-state index contributed by atoms with van der Waals surface area (Å²) in [4.78, 5) is 22.0. The first kappa shape index (κ1) is 43.8. The van der Waals surface area contributed by atoms with Crippen molar-refractivity contribution in [1.82, 2.24) is 23.8 Å². The van der Waals surface area contributed by atoms with E-state index in [1.165, 1.54) is 18.2 Å². The number of nitrogens with zero attached hydrogens (tertiary/aromatic N) is 4. The molecule has 0 radical (unpaired) electrons. The van der Waals surface area contributed by atoms with Crippen LogP contribution in [0.1, 0.15) is 6.92 Å². The first-order valence-electron chi connectivity index (χ1n) is 20.5. The van der Waals surface area contributed by atoms with E-state index in [1.807, 2.05) is 45.7 Å². The molecule has 0 saturated carbocycles. The van der Waals surface area contributed by atoms with Gasteiger partial charge in [-0.3, -0.25) is 13.9 Å². The molecular weight excluding hydrogens is 878 g/mol. The van der Waals surface area contributed by atoms with Crippen molar-refractivity contribution in [2.45, 2.75) is 76.7 Å². The number of carbonyl (C=O) groups excluding carboxylic acids is 1. The van der Waals surface area contributed by atoms with Crippen molar-refractivity contribution in [3.63, 3.8) is 0 Å². The van der Waals surface area contributed by atoms with Gasteiger partial charge >= 0.3 is 6.01 Å². The predicted octanol–water partition coefficient (Wildman–Crippen LogP) is 11.9. The summed E-state index contributed by atoms with van der Waals surface area (Å²) in [5, 5.41) is 1.06. The van der Waals surface area contributed by atoms with Crippen LogP contribution in [0.5, 0.6) is 11.8 Å². The Hall–Kier alpha value is -4.81. The van der Waals surface area contributed by atoms with E-state index in [-0.39, 0.29) is 30.1 Å². The van der Waals surface area contributed by atoms with E-state index in [0.29, 0.717) is 45.7 Å². The molecule has 1 N–H and O–H groups in total. The summed E-state index contributed by atoms with van der Waals surface area (Å²) in [6.45, 7) is 16.4. The lowest BCUT2D eigenvalue weighted by Gasteiger charge is -2.26. The Labute approximate surface area is 374 Å². The van der Waals surface area contributed by atoms with Gasteiger partial charge < -0.3 is 14.2 Å². The Balaban J connectivity index is 1.29. The smallest absolute Gasteiger partial charge is 0.304 e. The maximum absolute atomic E-state index is 13.0. The van der Waals surface area contributed by atoms with Gasteiger partial charge in [-0.15, -0.1) is 0 Å². The highest BCUT2D eigenvalue weighted by Crippen LogP contribution is 2.55. The maximum Gasteiger partial charge on any atom is 0.304 e. The molecule has 322 valence electrons. The number of fused-ring (bicyclic) bond motifs is 7. The number of hydrogen-bond acceptors (Lipinski definition) is 8. The Morgan fingerprint density at radius 1 is 0.694 bits per heavy atom. The van der Waals surface area contributed by atoms with Gasteiger partial charge in [0, 0.05) is 64.1 Å². The molecule has 5 aromatic carbocycles. The zero-order chi connectivity index (χ0) is 44.1. The van der Waals surface area contributed by atoms with E-state index in [2.05, 4.69) is 69.6 Å². The Bertz CT molecular complexity index is 2980. The fraction of sp³-hybridized carbons (Fsp3) is 0.283. The number of amides is 1. The predicted molar refractivity (Wildman–Crippen MR) is 254 cm³/mol. The van der Waals surface area contributed by atoms with Crippen LogP contribution in [0, 0.1) is 0 Å². The van der Waals surface area contributed by atoms with E-state index in [1.54, 1.807) is 10.6 Å². The molecule has 1 aliphatic carbocycles. The second kappa shape index (κ2) is 17.1. The number of nitrogens with one attached hydrogen (secondary N) is 1. The summed E-state index contributed by atoms with van der Waals surface area (Å²) >= 11 is 14.2. The zero-order valence-corrected chi connectivity index (χ0v) is 40.1. The number of benzene rings is 5. The van der Waals surface area contributed by atoms with E-state index in [0.717, 1.165) is 63.4 Å². The van der Waals surface area contributed by atoms with Gasteiger partial charge in [0.05, 0.1) is 26.5 Å². The van der Waals surface area contributed by atoms with Crippen LogP contribution in [-0.2, 0) is 37.8 Å². The van der Waals surface area contributed by atoms with E-state index >= 15 is 0 Å². The van der Waals surface area contributed by atoms with Crippen LogP contribution in [0.25, 0.3) is 66.8 Å². The third kappa shape index (κ3) is 9.14. The van der Waals surface area contributed by atoms with Gasteiger partial charge in [-0.05, 0) is 70.7 Å². The summed E-state index contributed by atoms with van der Waals surface area (Å²) in [5.74, 6) is 0.0633. The second-order valence-corrected chi connectivity index (χ2v) is 31.8. The number of rotatable bonds is 16. The van der Waals surface area contributed by atoms with Crippen molar-refractivity contribution in [1.29, 1.82) is 0 Å². The van der Waals surface area contributed by atoms with Crippen molar-refractivity contribution < 1.29 is 27.4 Å². The second-order valence-electron chi connectivity index (χ2n) is 18.0. The lowest BCUT2D eigenvalue weighted by Crippen LogP contribution is -2.28. The topological polar surface area (TPSA) is 127 Å². The number of imidazole rings is 2. The number of aromatic nitrogens is 4. The minimum Gasteiger partial charge on any atom is -0.425 e. The normalized spacial score (nSPS) is 12.7. The third-order valence-electron chi connectivity index (χ3n) is 10.7. The molecule has 1 aliphatic rings. The van der Waals surface area contributed by atoms with Crippen LogP contribution >= 0.6 is 23.2 Å². The van der Waals surface area contributed by atoms with Crippen LogP contribution < -0.4 is 9.46 Å². The SMILES string of the molecule is CC(=O)NS(=O)(=O)c1cccc(Oc2nc3c(-c4nc5c6c(c(Cl)cc5n4COCC[Si](C)(C)C)-c4ccc(-c5ccccc5)cc4-6)cc(Cl)cc3n2COCC[Si](C)(C)C)c1. The molecule has 0 saturated heterocycles. The monoisotopic (exact) mass is 925 g/mol. The molecule has 0 bridgehead atoms. The van der Waals surface area contributed by atoms with Crippen molar-refractivity contribution in [2.24, 2.45) is 0 Å². The number of sulfonamides is 1. The molecule has 0 spiro atoms. The minimum absolute atomic E-state index is 0.0832. The summed E-state index contributed by atoms with van der Waals surface area (Å²) in [7, 11) is -6.97. The number of carbonyl (C=O) groups is 1. The van der Waals surface area contributed by atoms with Gasteiger partial charge in [0.15, 0.2) is 0 Å². The molecular formula is C46H49Cl2N5O6SSi2. The maximum atomic E-state index is 13.0. The quantitative estimate of drug-likeness (QED) is 0.0750. The fourth-order valence-electron chi connectivity index (χ4n) is 7.47. The van der Waals surface area contributed by atoms with Gasteiger partial charge in [-0.1, -0.05) is 111 Å². The number of ether oxygens (including phenoxy) is 3. The molecule has 8 rings (SSSR count). The molecule has 1 amide bonds. The largest absolute Gasteiger partial charge is 0.425 e. The van der Waals surface area contributed by atoms with Crippen LogP contribution in [0.2, 0.25) is 61.4 Å². The summed E-state index contributed by atoms with van der Waals surface area (Å²) in [6.07, 6.45) is 0.